The van der Waals surface area contributed by atoms with Crippen LogP contribution >= 0.6 is 0 Å². The molecule has 0 spiro atoms. The van der Waals surface area contributed by atoms with Crippen LogP contribution in [0.1, 0.15) is 17.2 Å². The van der Waals surface area contributed by atoms with Crippen LogP contribution in [0.15, 0.2) is 47.5 Å². The van der Waals surface area contributed by atoms with Crippen LogP contribution in [-0.4, -0.2) is 13.1 Å². The zero-order valence-electron chi connectivity index (χ0n) is 11.7. The van der Waals surface area contributed by atoms with E-state index in [-0.39, 0.29) is 12.1 Å². The van der Waals surface area contributed by atoms with E-state index in [4.69, 9.17) is 20.9 Å². The second kappa shape index (κ2) is 5.36. The fourth-order valence-corrected chi connectivity index (χ4v) is 2.51. The molecule has 0 amide bonds. The van der Waals surface area contributed by atoms with Gasteiger partial charge in [-0.1, -0.05) is 18.2 Å². The predicted molar refractivity (Wildman–Crippen MR) is 82.7 cm³/mol. The molecule has 0 bridgehead atoms. The number of hydrogen-bond acceptors (Lipinski definition) is 5. The molecule has 0 aliphatic carbocycles. The van der Waals surface area contributed by atoms with Gasteiger partial charge in [0.25, 0.3) is 6.02 Å². The summed E-state index contributed by atoms with van der Waals surface area (Å²) in [6, 6.07) is 13.6. The van der Waals surface area contributed by atoms with Gasteiger partial charge in [0.15, 0.2) is 0 Å². The lowest BCUT2D eigenvalue weighted by Crippen LogP contribution is -2.24. The van der Waals surface area contributed by atoms with Crippen molar-refractivity contribution < 1.29 is 9.47 Å². The highest BCUT2D eigenvalue weighted by atomic mass is 16.5. The van der Waals surface area contributed by atoms with E-state index >= 15 is 0 Å². The topological polar surface area (TPSA) is 82.9 Å². The summed E-state index contributed by atoms with van der Waals surface area (Å²) in [5.74, 6) is 0.827. The number of fused-ring (bicyclic) bond motifs is 1. The summed E-state index contributed by atoms with van der Waals surface area (Å²) in [7, 11) is 1.66. The second-order valence-electron chi connectivity index (χ2n) is 4.89. The third kappa shape index (κ3) is 2.63. The van der Waals surface area contributed by atoms with E-state index in [9.17, 15) is 0 Å². The van der Waals surface area contributed by atoms with Crippen molar-refractivity contribution >= 4 is 17.4 Å². The Bertz CT molecular complexity index is 698. The Hall–Kier alpha value is -2.69. The first-order chi connectivity index (χ1) is 10.2. The lowest BCUT2D eigenvalue weighted by molar-refractivity contribution is 0.183. The van der Waals surface area contributed by atoms with Crippen LogP contribution in [0.5, 0.6) is 5.75 Å². The van der Waals surface area contributed by atoms with E-state index in [0.717, 1.165) is 22.6 Å². The first-order valence-corrected chi connectivity index (χ1v) is 6.69. The minimum atomic E-state index is -0.225. The lowest BCUT2D eigenvalue weighted by atomic mass is 9.98. The van der Waals surface area contributed by atoms with Crippen LogP contribution in [0.2, 0.25) is 0 Å². The molecule has 0 radical (unpaired) electrons. The molecule has 1 aliphatic heterocycles. The number of nitrogens with two attached hydrogens (primary N) is 2. The van der Waals surface area contributed by atoms with Crippen molar-refractivity contribution in [2.45, 2.75) is 12.5 Å². The molecule has 1 atom stereocenters. The molecule has 5 nitrogen and oxygen atoms in total. The molecule has 1 heterocycles. The van der Waals surface area contributed by atoms with Gasteiger partial charge in [-0.15, -0.1) is 0 Å². The van der Waals surface area contributed by atoms with Crippen molar-refractivity contribution in [2.75, 3.05) is 12.8 Å². The third-order valence-corrected chi connectivity index (χ3v) is 3.49. The first-order valence-electron chi connectivity index (χ1n) is 6.69. The quantitative estimate of drug-likeness (QED) is 0.848. The van der Waals surface area contributed by atoms with Crippen LogP contribution < -0.4 is 16.2 Å². The molecule has 21 heavy (non-hydrogen) atoms. The van der Waals surface area contributed by atoms with Gasteiger partial charge in [-0.05, 0) is 29.8 Å². The van der Waals surface area contributed by atoms with E-state index in [1.54, 1.807) is 13.2 Å². The smallest absolute Gasteiger partial charge is 0.287 e. The lowest BCUT2D eigenvalue weighted by Gasteiger charge is -2.25. The molecule has 0 saturated carbocycles. The van der Waals surface area contributed by atoms with Crippen LogP contribution in [0.25, 0.3) is 0 Å². The number of nitrogen functional groups attached to an aromatic ring is 1. The number of para-hydroxylation sites is 1. The molecule has 2 aromatic rings. The second-order valence-corrected chi connectivity index (χ2v) is 4.89. The summed E-state index contributed by atoms with van der Waals surface area (Å²) in [6.07, 6.45) is 0.411. The molecule has 0 fully saturated rings. The van der Waals surface area contributed by atoms with Crippen molar-refractivity contribution in [3.63, 3.8) is 0 Å². The summed E-state index contributed by atoms with van der Waals surface area (Å²) in [5, 5.41) is 0. The zero-order valence-corrected chi connectivity index (χ0v) is 11.7. The van der Waals surface area contributed by atoms with Gasteiger partial charge in [-0.25, -0.2) is 0 Å². The van der Waals surface area contributed by atoms with Gasteiger partial charge in [-0.3, -0.25) is 0 Å². The minimum absolute atomic E-state index is 0.173. The molecule has 1 unspecified atom stereocenters. The van der Waals surface area contributed by atoms with Gasteiger partial charge in [0.1, 0.15) is 11.9 Å². The SMILES string of the molecule is COc1ccccc1CC1OC(N)=Nc2ccc(N)cc21. The number of hydrogen-bond donors (Lipinski definition) is 2. The molecule has 2 aromatic carbocycles. The Labute approximate surface area is 123 Å². The highest BCUT2D eigenvalue weighted by Crippen LogP contribution is 2.36. The summed E-state index contributed by atoms with van der Waals surface area (Å²) < 4.78 is 11.1. The summed E-state index contributed by atoms with van der Waals surface area (Å²) in [4.78, 5) is 4.21. The first kappa shape index (κ1) is 13.3. The van der Waals surface area contributed by atoms with Gasteiger partial charge in [0.05, 0.1) is 12.8 Å². The molecule has 5 heteroatoms. The fourth-order valence-electron chi connectivity index (χ4n) is 2.51. The number of amidine groups is 1. The fraction of sp³-hybridized carbons (Fsp3) is 0.188. The molecule has 0 saturated heterocycles. The van der Waals surface area contributed by atoms with Crippen molar-refractivity contribution in [3.8, 4) is 5.75 Å². The molecule has 4 N–H and O–H groups in total. The van der Waals surface area contributed by atoms with Gasteiger partial charge in [0.2, 0.25) is 0 Å². The van der Waals surface area contributed by atoms with Crippen molar-refractivity contribution in [1.29, 1.82) is 0 Å². The van der Waals surface area contributed by atoms with Crippen LogP contribution in [0.4, 0.5) is 11.4 Å². The van der Waals surface area contributed by atoms with Gasteiger partial charge in [-0.2, -0.15) is 4.99 Å². The normalized spacial score (nSPS) is 16.6. The van der Waals surface area contributed by atoms with Gasteiger partial charge in [0, 0.05) is 17.7 Å². The van der Waals surface area contributed by atoms with Crippen molar-refractivity contribution in [1.82, 2.24) is 0 Å². The Morgan fingerprint density at radius 3 is 2.81 bits per heavy atom. The molecule has 108 valence electrons. The average Bonchev–Trinajstić information content (AvgIpc) is 2.48. The Balaban J connectivity index is 1.97. The molecule has 3 rings (SSSR count). The third-order valence-electron chi connectivity index (χ3n) is 3.49. The highest BCUT2D eigenvalue weighted by molar-refractivity contribution is 5.79. The van der Waals surface area contributed by atoms with E-state index in [1.165, 1.54) is 0 Å². The van der Waals surface area contributed by atoms with Crippen LogP contribution in [0.3, 0.4) is 0 Å². The average molecular weight is 283 g/mol. The zero-order chi connectivity index (χ0) is 14.8. The van der Waals surface area contributed by atoms with Crippen molar-refractivity contribution in [3.05, 3.63) is 53.6 Å². The van der Waals surface area contributed by atoms with Gasteiger partial charge < -0.3 is 20.9 Å². The van der Waals surface area contributed by atoms with Crippen LogP contribution in [0, 0.1) is 0 Å². The van der Waals surface area contributed by atoms with Crippen LogP contribution in [-0.2, 0) is 11.2 Å². The summed E-state index contributed by atoms with van der Waals surface area (Å²) >= 11 is 0. The predicted octanol–water partition coefficient (Wildman–Crippen LogP) is 2.54. The van der Waals surface area contributed by atoms with Crippen molar-refractivity contribution in [2.24, 2.45) is 10.7 Å². The summed E-state index contributed by atoms with van der Waals surface area (Å²) in [6.45, 7) is 0. The van der Waals surface area contributed by atoms with E-state index in [1.807, 2.05) is 36.4 Å². The number of rotatable bonds is 3. The number of methoxy groups -OCH3 is 1. The molecular weight excluding hydrogens is 266 g/mol. The number of benzene rings is 2. The molecule has 0 aromatic heterocycles. The Morgan fingerprint density at radius 2 is 2.00 bits per heavy atom. The Morgan fingerprint density at radius 1 is 1.19 bits per heavy atom. The molecule has 1 aliphatic rings. The maximum Gasteiger partial charge on any atom is 0.287 e. The standard InChI is InChI=1S/C16H17N3O2/c1-20-14-5-3-2-4-10(14)8-15-12-9-11(17)6-7-13(12)19-16(18)21-15/h2-7,9,15H,8,17H2,1H3,(H2,18,19). The van der Waals surface area contributed by atoms with E-state index < -0.39 is 0 Å². The van der Waals surface area contributed by atoms with E-state index in [0.29, 0.717) is 12.1 Å². The maximum absolute atomic E-state index is 5.87. The largest absolute Gasteiger partial charge is 0.496 e. The number of nitrogens with zero attached hydrogens (tertiary/aromatic N) is 1. The number of aliphatic imine (C=N–C) groups is 1. The highest BCUT2D eigenvalue weighted by Gasteiger charge is 2.24. The Kier molecular flexibility index (Phi) is 3.39. The molecular formula is C16H17N3O2. The monoisotopic (exact) mass is 283 g/mol. The maximum atomic E-state index is 5.87. The minimum Gasteiger partial charge on any atom is -0.496 e. The summed E-state index contributed by atoms with van der Waals surface area (Å²) in [5.41, 5.74) is 15.1. The van der Waals surface area contributed by atoms with Gasteiger partial charge >= 0.3 is 0 Å². The van der Waals surface area contributed by atoms with E-state index in [2.05, 4.69) is 4.99 Å². The number of anilines is 1. The number of ether oxygens (including phenoxy) is 2.